The number of aromatic carboxylic acids is 1. The van der Waals surface area contributed by atoms with Crippen molar-refractivity contribution in [3.63, 3.8) is 0 Å². The number of carboxylic acids is 1. The van der Waals surface area contributed by atoms with E-state index in [9.17, 15) is 9.59 Å². The van der Waals surface area contributed by atoms with Crippen molar-refractivity contribution < 1.29 is 14.7 Å². The van der Waals surface area contributed by atoms with Gasteiger partial charge < -0.3 is 5.11 Å². The quantitative estimate of drug-likeness (QED) is 0.834. The lowest BCUT2D eigenvalue weighted by Crippen LogP contribution is -2.01. The highest BCUT2D eigenvalue weighted by Crippen LogP contribution is 2.19. The van der Waals surface area contributed by atoms with Crippen LogP contribution in [0.3, 0.4) is 0 Å². The van der Waals surface area contributed by atoms with Crippen molar-refractivity contribution >= 4 is 23.9 Å². The van der Waals surface area contributed by atoms with Crippen molar-refractivity contribution in [3.8, 4) is 5.82 Å². The smallest absolute Gasteiger partial charge is 0.337 e. The molecule has 0 aliphatic rings. The molecule has 0 radical (unpaired) electrons. The SMILES string of the molecule is O=Cc1cn(-c2ncc(C(=O)O)cc2Cl)cn1. The third-order valence-corrected chi connectivity index (χ3v) is 2.31. The Morgan fingerprint density at radius 1 is 1.47 bits per heavy atom. The Labute approximate surface area is 100 Å². The van der Waals surface area contributed by atoms with Crippen LogP contribution >= 0.6 is 11.6 Å². The topological polar surface area (TPSA) is 85.1 Å². The van der Waals surface area contributed by atoms with Gasteiger partial charge in [-0.05, 0) is 6.07 Å². The van der Waals surface area contributed by atoms with Crippen molar-refractivity contribution in [1.29, 1.82) is 0 Å². The Morgan fingerprint density at radius 2 is 2.24 bits per heavy atom. The molecule has 2 aromatic rings. The molecule has 6 nitrogen and oxygen atoms in total. The molecule has 0 atom stereocenters. The van der Waals surface area contributed by atoms with Crippen LogP contribution in [0.25, 0.3) is 5.82 Å². The molecule has 0 aromatic carbocycles. The normalized spacial score (nSPS) is 10.2. The highest BCUT2D eigenvalue weighted by Gasteiger charge is 2.10. The number of carbonyl (C=O) groups excluding carboxylic acids is 1. The minimum absolute atomic E-state index is 0.00511. The number of pyridine rings is 1. The number of hydrogen-bond donors (Lipinski definition) is 1. The minimum atomic E-state index is -1.11. The van der Waals surface area contributed by atoms with Crippen LogP contribution in [0.2, 0.25) is 5.02 Å². The van der Waals surface area contributed by atoms with E-state index in [1.165, 1.54) is 29.4 Å². The van der Waals surface area contributed by atoms with Crippen molar-refractivity contribution in [3.05, 3.63) is 41.1 Å². The number of aromatic nitrogens is 3. The van der Waals surface area contributed by atoms with Gasteiger partial charge in [0.05, 0.1) is 10.6 Å². The number of hydrogen-bond acceptors (Lipinski definition) is 4. The maximum Gasteiger partial charge on any atom is 0.337 e. The molecular weight excluding hydrogens is 246 g/mol. The van der Waals surface area contributed by atoms with Crippen molar-refractivity contribution in [2.75, 3.05) is 0 Å². The number of carbonyl (C=O) groups is 2. The van der Waals surface area contributed by atoms with E-state index in [-0.39, 0.29) is 16.3 Å². The van der Waals surface area contributed by atoms with Gasteiger partial charge in [-0.2, -0.15) is 0 Å². The molecule has 2 aromatic heterocycles. The van der Waals surface area contributed by atoms with Crippen LogP contribution in [-0.2, 0) is 0 Å². The molecule has 0 spiro atoms. The third-order valence-electron chi connectivity index (χ3n) is 2.04. The number of rotatable bonds is 3. The summed E-state index contributed by atoms with van der Waals surface area (Å²) in [7, 11) is 0. The fraction of sp³-hybridized carbons (Fsp3) is 0. The van der Waals surface area contributed by atoms with Crippen LogP contribution in [0.5, 0.6) is 0 Å². The molecule has 17 heavy (non-hydrogen) atoms. The first kappa shape index (κ1) is 11.3. The molecule has 0 saturated heterocycles. The Bertz CT molecular complexity index is 594. The summed E-state index contributed by atoms with van der Waals surface area (Å²) in [5.74, 6) is -0.789. The summed E-state index contributed by atoms with van der Waals surface area (Å²) < 4.78 is 1.44. The fourth-order valence-electron chi connectivity index (χ4n) is 1.25. The van der Waals surface area contributed by atoms with Gasteiger partial charge in [0, 0.05) is 12.4 Å². The zero-order valence-corrected chi connectivity index (χ0v) is 9.13. The molecule has 0 fully saturated rings. The maximum atomic E-state index is 10.7. The second kappa shape index (κ2) is 4.34. The van der Waals surface area contributed by atoms with Crippen LogP contribution in [0.15, 0.2) is 24.8 Å². The number of carboxylic acid groups (broad SMARTS) is 1. The van der Waals surface area contributed by atoms with Gasteiger partial charge in [-0.1, -0.05) is 11.6 Å². The minimum Gasteiger partial charge on any atom is -0.478 e. The van der Waals surface area contributed by atoms with Gasteiger partial charge in [-0.25, -0.2) is 14.8 Å². The van der Waals surface area contributed by atoms with E-state index < -0.39 is 5.97 Å². The zero-order chi connectivity index (χ0) is 12.4. The molecule has 86 valence electrons. The molecule has 0 bridgehead atoms. The average molecular weight is 252 g/mol. The van der Waals surface area contributed by atoms with E-state index in [0.717, 1.165) is 0 Å². The molecule has 1 N–H and O–H groups in total. The van der Waals surface area contributed by atoms with Crippen molar-refractivity contribution in [1.82, 2.24) is 14.5 Å². The Balaban J connectivity index is 2.46. The lowest BCUT2D eigenvalue weighted by molar-refractivity contribution is 0.0696. The first-order valence-electron chi connectivity index (χ1n) is 4.50. The van der Waals surface area contributed by atoms with E-state index >= 15 is 0 Å². The molecule has 0 unspecified atom stereocenters. The first-order chi connectivity index (χ1) is 8.11. The predicted octanol–water partition coefficient (Wildman–Crippen LogP) is 1.43. The number of aldehydes is 1. The Kier molecular flexibility index (Phi) is 2.88. The van der Waals surface area contributed by atoms with Crippen LogP contribution in [0, 0.1) is 0 Å². The van der Waals surface area contributed by atoms with Gasteiger partial charge in [0.1, 0.15) is 12.0 Å². The molecular formula is C10H6ClN3O3. The summed E-state index contributed by atoms with van der Waals surface area (Å²) in [5.41, 5.74) is 0.236. The van der Waals surface area contributed by atoms with E-state index in [1.807, 2.05) is 0 Å². The molecule has 2 rings (SSSR count). The van der Waals surface area contributed by atoms with E-state index in [2.05, 4.69) is 9.97 Å². The van der Waals surface area contributed by atoms with Crippen molar-refractivity contribution in [2.45, 2.75) is 0 Å². The lowest BCUT2D eigenvalue weighted by Gasteiger charge is -2.03. The maximum absolute atomic E-state index is 10.7. The third kappa shape index (κ3) is 2.16. The highest BCUT2D eigenvalue weighted by atomic mass is 35.5. The summed E-state index contributed by atoms with van der Waals surface area (Å²) >= 11 is 5.90. The summed E-state index contributed by atoms with van der Waals surface area (Å²) in [4.78, 5) is 28.9. The number of halogens is 1. The molecule has 2 heterocycles. The van der Waals surface area contributed by atoms with Gasteiger partial charge in [0.15, 0.2) is 12.1 Å². The van der Waals surface area contributed by atoms with Gasteiger partial charge in [0.25, 0.3) is 0 Å². The van der Waals surface area contributed by atoms with Gasteiger partial charge >= 0.3 is 5.97 Å². The van der Waals surface area contributed by atoms with Crippen LogP contribution in [0.4, 0.5) is 0 Å². The largest absolute Gasteiger partial charge is 0.478 e. The zero-order valence-electron chi connectivity index (χ0n) is 8.37. The number of imidazole rings is 1. The molecule has 0 saturated carbocycles. The van der Waals surface area contributed by atoms with E-state index in [0.29, 0.717) is 12.1 Å². The summed E-state index contributed by atoms with van der Waals surface area (Å²) in [6, 6.07) is 1.28. The monoisotopic (exact) mass is 251 g/mol. The van der Waals surface area contributed by atoms with E-state index in [4.69, 9.17) is 16.7 Å². The molecule has 0 aliphatic carbocycles. The second-order valence-electron chi connectivity index (χ2n) is 3.16. The van der Waals surface area contributed by atoms with Crippen LogP contribution < -0.4 is 0 Å². The summed E-state index contributed by atoms with van der Waals surface area (Å²) in [6.07, 6.45) is 4.60. The highest BCUT2D eigenvalue weighted by molar-refractivity contribution is 6.32. The van der Waals surface area contributed by atoms with Gasteiger partial charge in [-0.3, -0.25) is 9.36 Å². The Hall–Kier alpha value is -2.21. The predicted molar refractivity (Wildman–Crippen MR) is 58.7 cm³/mol. The van der Waals surface area contributed by atoms with Crippen LogP contribution in [0.1, 0.15) is 20.8 Å². The fourth-order valence-corrected chi connectivity index (χ4v) is 1.52. The summed E-state index contributed by atoms with van der Waals surface area (Å²) in [5, 5.41) is 8.92. The van der Waals surface area contributed by atoms with Crippen molar-refractivity contribution in [2.24, 2.45) is 0 Å². The molecule has 7 heteroatoms. The lowest BCUT2D eigenvalue weighted by atomic mass is 10.3. The number of nitrogens with zero attached hydrogens (tertiary/aromatic N) is 3. The standard InChI is InChI=1S/C10H6ClN3O3/c11-8-1-6(10(16)17)2-12-9(8)14-3-7(4-15)13-5-14/h1-5H,(H,16,17). The summed E-state index contributed by atoms with van der Waals surface area (Å²) in [6.45, 7) is 0. The molecule has 0 amide bonds. The van der Waals surface area contributed by atoms with Crippen LogP contribution in [-0.4, -0.2) is 31.9 Å². The molecule has 0 aliphatic heterocycles. The first-order valence-corrected chi connectivity index (χ1v) is 4.88. The van der Waals surface area contributed by atoms with Gasteiger partial charge in [-0.15, -0.1) is 0 Å². The second-order valence-corrected chi connectivity index (χ2v) is 3.57. The van der Waals surface area contributed by atoms with Gasteiger partial charge in [0.2, 0.25) is 0 Å². The Morgan fingerprint density at radius 3 is 2.76 bits per heavy atom. The van der Waals surface area contributed by atoms with E-state index in [1.54, 1.807) is 0 Å². The average Bonchev–Trinajstić information content (AvgIpc) is 2.77.